The zero-order chi connectivity index (χ0) is 15.6. The summed E-state index contributed by atoms with van der Waals surface area (Å²) in [5, 5.41) is -0.0951. The molecule has 0 bridgehead atoms. The van der Waals surface area contributed by atoms with Crippen LogP contribution in [0.15, 0.2) is 29.2 Å². The normalized spacial score (nSPS) is 11.4. The number of halogens is 3. The van der Waals surface area contributed by atoms with E-state index in [4.69, 9.17) is 4.74 Å². The molecule has 0 atom stereocenters. The van der Waals surface area contributed by atoms with Gasteiger partial charge in [-0.25, -0.2) is 4.79 Å². The fourth-order valence-corrected chi connectivity index (χ4v) is 1.79. The lowest BCUT2D eigenvalue weighted by atomic mass is 10.1. The first kappa shape index (κ1) is 14.9. The third kappa shape index (κ3) is 3.15. The second-order valence-corrected chi connectivity index (χ2v) is 3.98. The van der Waals surface area contributed by atoms with Crippen molar-refractivity contribution in [1.82, 2.24) is 4.98 Å². The van der Waals surface area contributed by atoms with E-state index in [0.29, 0.717) is 0 Å². The fourth-order valence-electron chi connectivity index (χ4n) is 1.79. The van der Waals surface area contributed by atoms with E-state index in [-0.39, 0.29) is 23.1 Å². The Bertz CT molecular complexity index is 736. The zero-order valence-electron chi connectivity index (χ0n) is 10.8. The zero-order valence-corrected chi connectivity index (χ0v) is 10.8. The maximum atomic E-state index is 12.3. The van der Waals surface area contributed by atoms with E-state index in [2.05, 4.69) is 9.72 Å². The van der Waals surface area contributed by atoms with Gasteiger partial charge in [0.1, 0.15) is 5.56 Å². The largest absolute Gasteiger partial charge is 0.573 e. The highest BCUT2D eigenvalue weighted by atomic mass is 19.4. The summed E-state index contributed by atoms with van der Waals surface area (Å²) in [6.07, 6.45) is -3.88. The third-order valence-electron chi connectivity index (χ3n) is 2.60. The van der Waals surface area contributed by atoms with Crippen LogP contribution in [0, 0.1) is 0 Å². The molecule has 21 heavy (non-hydrogen) atoms. The molecule has 0 saturated carbocycles. The molecule has 0 fully saturated rings. The average molecular weight is 301 g/mol. The van der Waals surface area contributed by atoms with Crippen LogP contribution in [0.25, 0.3) is 10.9 Å². The molecule has 2 rings (SSSR count). The lowest BCUT2D eigenvalue weighted by Gasteiger charge is -2.11. The van der Waals surface area contributed by atoms with Gasteiger partial charge in [-0.2, -0.15) is 0 Å². The van der Waals surface area contributed by atoms with Gasteiger partial charge in [0.25, 0.3) is 0 Å². The molecule has 1 N–H and O–H groups in total. The van der Waals surface area contributed by atoms with E-state index in [1.807, 2.05) is 0 Å². The Morgan fingerprint density at radius 1 is 1.33 bits per heavy atom. The van der Waals surface area contributed by atoms with Crippen molar-refractivity contribution >= 4 is 16.9 Å². The van der Waals surface area contributed by atoms with E-state index in [1.54, 1.807) is 6.92 Å². The van der Waals surface area contributed by atoms with Crippen LogP contribution in [0.3, 0.4) is 0 Å². The van der Waals surface area contributed by atoms with Crippen molar-refractivity contribution in [3.8, 4) is 5.75 Å². The molecule has 0 amide bonds. The van der Waals surface area contributed by atoms with Crippen molar-refractivity contribution in [3.05, 3.63) is 40.2 Å². The van der Waals surface area contributed by atoms with E-state index in [0.717, 1.165) is 12.3 Å². The molecule has 0 unspecified atom stereocenters. The summed E-state index contributed by atoms with van der Waals surface area (Å²) in [4.78, 5) is 26.1. The molecule has 1 aromatic carbocycles. The van der Waals surface area contributed by atoms with Gasteiger partial charge in [0.2, 0.25) is 5.43 Å². The number of pyridine rings is 1. The highest BCUT2D eigenvalue weighted by Gasteiger charge is 2.32. The summed E-state index contributed by atoms with van der Waals surface area (Å²) in [5.74, 6) is -1.39. The molecule has 0 radical (unpaired) electrons. The highest BCUT2D eigenvalue weighted by Crippen LogP contribution is 2.28. The van der Waals surface area contributed by atoms with Gasteiger partial charge in [0.05, 0.1) is 17.5 Å². The molecular formula is C13H10F3NO4. The first-order chi connectivity index (χ1) is 9.83. The van der Waals surface area contributed by atoms with Crippen LogP contribution in [0.2, 0.25) is 0 Å². The SMILES string of the molecule is CCOC(=O)c1c[nH]c2c(OC(F)(F)F)cccc2c1=O. The first-order valence-electron chi connectivity index (χ1n) is 5.90. The smallest absolute Gasteiger partial charge is 0.462 e. The minimum atomic E-state index is -4.88. The Labute approximate surface area is 116 Å². The van der Waals surface area contributed by atoms with Crippen molar-refractivity contribution < 1.29 is 27.4 Å². The van der Waals surface area contributed by atoms with Gasteiger partial charge in [0.15, 0.2) is 5.75 Å². The number of alkyl halides is 3. The maximum absolute atomic E-state index is 12.3. The van der Waals surface area contributed by atoms with Crippen molar-refractivity contribution in [2.45, 2.75) is 13.3 Å². The van der Waals surface area contributed by atoms with E-state index < -0.39 is 23.5 Å². The number of H-pyrrole nitrogens is 1. The number of rotatable bonds is 3. The molecule has 0 saturated heterocycles. The summed E-state index contributed by atoms with van der Waals surface area (Å²) in [5.41, 5.74) is -1.16. The van der Waals surface area contributed by atoms with Crippen LogP contribution in [0.5, 0.6) is 5.75 Å². The Morgan fingerprint density at radius 3 is 2.67 bits per heavy atom. The summed E-state index contributed by atoms with van der Waals surface area (Å²) in [6.45, 7) is 1.65. The quantitative estimate of drug-likeness (QED) is 0.885. The summed E-state index contributed by atoms with van der Waals surface area (Å²) >= 11 is 0. The molecule has 0 spiro atoms. The molecule has 5 nitrogen and oxygen atoms in total. The third-order valence-corrected chi connectivity index (χ3v) is 2.60. The molecule has 0 aliphatic rings. The number of hydrogen-bond acceptors (Lipinski definition) is 4. The highest BCUT2D eigenvalue weighted by molar-refractivity contribution is 5.94. The predicted octanol–water partition coefficient (Wildman–Crippen LogP) is 2.60. The van der Waals surface area contributed by atoms with Crippen LogP contribution >= 0.6 is 0 Å². The second kappa shape index (κ2) is 5.47. The lowest BCUT2D eigenvalue weighted by molar-refractivity contribution is -0.274. The minimum Gasteiger partial charge on any atom is -0.462 e. The standard InChI is InChI=1S/C13H10F3NO4/c1-2-20-12(19)8-6-17-10-7(11(8)18)4-3-5-9(10)21-13(14,15)16/h3-6H,2H2,1H3,(H,17,18). The van der Waals surface area contributed by atoms with Crippen LogP contribution in [-0.2, 0) is 4.74 Å². The lowest BCUT2D eigenvalue weighted by Crippen LogP contribution is -2.20. The van der Waals surface area contributed by atoms with Crippen LogP contribution < -0.4 is 10.2 Å². The van der Waals surface area contributed by atoms with Gasteiger partial charge < -0.3 is 14.5 Å². The molecule has 0 aliphatic heterocycles. The number of hydrogen-bond donors (Lipinski definition) is 1. The number of aromatic amines is 1. The Balaban J connectivity index is 2.58. The van der Waals surface area contributed by atoms with Crippen molar-refractivity contribution in [1.29, 1.82) is 0 Å². The maximum Gasteiger partial charge on any atom is 0.573 e. The number of nitrogens with one attached hydrogen (secondary N) is 1. The average Bonchev–Trinajstić information content (AvgIpc) is 2.38. The summed E-state index contributed by atoms with van der Waals surface area (Å²) in [7, 11) is 0. The number of fused-ring (bicyclic) bond motifs is 1. The summed E-state index contributed by atoms with van der Waals surface area (Å²) in [6, 6.07) is 3.59. The topological polar surface area (TPSA) is 68.4 Å². The monoisotopic (exact) mass is 301 g/mol. The Morgan fingerprint density at radius 2 is 2.05 bits per heavy atom. The van der Waals surface area contributed by atoms with Crippen molar-refractivity contribution in [2.24, 2.45) is 0 Å². The van der Waals surface area contributed by atoms with Gasteiger partial charge in [-0.05, 0) is 19.1 Å². The molecule has 0 aliphatic carbocycles. The van der Waals surface area contributed by atoms with Gasteiger partial charge in [-0.1, -0.05) is 6.07 Å². The molecule has 1 heterocycles. The molecule has 112 valence electrons. The van der Waals surface area contributed by atoms with Crippen LogP contribution in [-0.4, -0.2) is 23.9 Å². The number of benzene rings is 1. The molecule has 1 aromatic heterocycles. The summed E-state index contributed by atoms with van der Waals surface area (Å²) < 4.78 is 45.4. The van der Waals surface area contributed by atoms with Gasteiger partial charge >= 0.3 is 12.3 Å². The van der Waals surface area contributed by atoms with E-state index in [1.165, 1.54) is 12.1 Å². The molecular weight excluding hydrogens is 291 g/mol. The Hall–Kier alpha value is -2.51. The van der Waals surface area contributed by atoms with Crippen molar-refractivity contribution in [3.63, 3.8) is 0 Å². The van der Waals surface area contributed by atoms with Crippen LogP contribution in [0.4, 0.5) is 13.2 Å². The number of carbonyl (C=O) groups excluding carboxylic acids is 1. The number of carbonyl (C=O) groups is 1. The van der Waals surface area contributed by atoms with E-state index in [9.17, 15) is 22.8 Å². The number of esters is 1. The minimum absolute atomic E-state index is 0.0769. The molecule has 8 heteroatoms. The number of aromatic nitrogens is 1. The fraction of sp³-hybridized carbons (Fsp3) is 0.231. The Kier molecular flexibility index (Phi) is 3.88. The van der Waals surface area contributed by atoms with Gasteiger partial charge in [-0.15, -0.1) is 13.2 Å². The van der Waals surface area contributed by atoms with E-state index >= 15 is 0 Å². The first-order valence-corrected chi connectivity index (χ1v) is 5.90. The molecule has 2 aromatic rings. The van der Waals surface area contributed by atoms with Gasteiger partial charge in [0, 0.05) is 6.20 Å². The number of para-hydroxylation sites is 1. The van der Waals surface area contributed by atoms with Crippen molar-refractivity contribution in [2.75, 3.05) is 6.61 Å². The van der Waals surface area contributed by atoms with Gasteiger partial charge in [-0.3, -0.25) is 4.79 Å². The predicted molar refractivity (Wildman–Crippen MR) is 67.2 cm³/mol. The number of ether oxygens (including phenoxy) is 2. The second-order valence-electron chi connectivity index (χ2n) is 3.98. The van der Waals surface area contributed by atoms with Crippen LogP contribution in [0.1, 0.15) is 17.3 Å².